The number of amides is 1. The average molecular weight is 359 g/mol. The van der Waals surface area contributed by atoms with Gasteiger partial charge < -0.3 is 10.1 Å². The van der Waals surface area contributed by atoms with E-state index in [4.69, 9.17) is 4.74 Å². The summed E-state index contributed by atoms with van der Waals surface area (Å²) in [7, 11) is 0. The van der Waals surface area contributed by atoms with Crippen molar-refractivity contribution in [3.05, 3.63) is 34.1 Å². The first-order chi connectivity index (χ1) is 10.1. The van der Waals surface area contributed by atoms with E-state index < -0.39 is 0 Å². The zero-order chi connectivity index (χ0) is 15.2. The molecule has 0 aliphatic carbocycles. The molecule has 1 fully saturated rings. The molecule has 116 valence electrons. The van der Waals surface area contributed by atoms with Gasteiger partial charge in [0.15, 0.2) is 0 Å². The van der Waals surface area contributed by atoms with Gasteiger partial charge in [0.2, 0.25) is 5.91 Å². The molecule has 0 saturated carbocycles. The Balaban J connectivity index is 2.06. The number of benzene rings is 1. The molecular weight excluding hydrogens is 339 g/mol. The maximum absolute atomic E-state index is 13.9. The highest BCUT2D eigenvalue weighted by molar-refractivity contribution is 9.10. The summed E-state index contributed by atoms with van der Waals surface area (Å²) in [5.41, 5.74) is 0.591. The Bertz CT molecular complexity index is 499. The van der Waals surface area contributed by atoms with E-state index in [2.05, 4.69) is 21.2 Å². The summed E-state index contributed by atoms with van der Waals surface area (Å²) in [6.45, 7) is 4.61. The maximum atomic E-state index is 13.9. The Labute approximate surface area is 132 Å². The first-order valence-electron chi connectivity index (χ1n) is 7.15. The van der Waals surface area contributed by atoms with Gasteiger partial charge in [0.25, 0.3) is 0 Å². The summed E-state index contributed by atoms with van der Waals surface area (Å²) >= 11 is 3.25. The van der Waals surface area contributed by atoms with E-state index in [0.29, 0.717) is 42.9 Å². The molecule has 4 nitrogen and oxygen atoms in total. The molecule has 1 aromatic rings. The molecule has 1 aliphatic rings. The highest BCUT2D eigenvalue weighted by atomic mass is 79.9. The second kappa shape index (κ2) is 7.87. The first kappa shape index (κ1) is 16.4. The van der Waals surface area contributed by atoms with E-state index in [1.807, 2.05) is 17.9 Å². The van der Waals surface area contributed by atoms with Crippen molar-refractivity contribution >= 4 is 21.8 Å². The molecule has 1 saturated heterocycles. The van der Waals surface area contributed by atoms with Crippen molar-refractivity contribution < 1.29 is 13.9 Å². The van der Waals surface area contributed by atoms with Crippen molar-refractivity contribution in [2.45, 2.75) is 25.9 Å². The van der Waals surface area contributed by atoms with Crippen LogP contribution in [-0.4, -0.2) is 43.2 Å². The molecule has 1 heterocycles. The predicted molar refractivity (Wildman–Crippen MR) is 82.4 cm³/mol. The third-order valence-corrected chi connectivity index (χ3v) is 3.97. The van der Waals surface area contributed by atoms with Crippen LogP contribution < -0.4 is 5.32 Å². The quantitative estimate of drug-likeness (QED) is 0.878. The monoisotopic (exact) mass is 358 g/mol. The number of hydrogen-bond donors (Lipinski definition) is 1. The molecule has 1 amide bonds. The fourth-order valence-electron chi connectivity index (χ4n) is 2.30. The fourth-order valence-corrected chi connectivity index (χ4v) is 2.64. The topological polar surface area (TPSA) is 41.6 Å². The van der Waals surface area contributed by atoms with Crippen molar-refractivity contribution in [2.75, 3.05) is 26.3 Å². The number of carbonyl (C=O) groups excluding carboxylic acids is 1. The van der Waals surface area contributed by atoms with Crippen molar-refractivity contribution in [3.63, 3.8) is 0 Å². The summed E-state index contributed by atoms with van der Waals surface area (Å²) in [6.07, 6.45) is 0.890. The number of morpholine rings is 1. The molecule has 1 atom stereocenters. The van der Waals surface area contributed by atoms with Crippen LogP contribution >= 0.6 is 15.9 Å². The number of halogens is 2. The largest absolute Gasteiger partial charge is 0.378 e. The lowest BCUT2D eigenvalue weighted by atomic mass is 10.1. The third-order valence-electron chi connectivity index (χ3n) is 3.48. The summed E-state index contributed by atoms with van der Waals surface area (Å²) in [5, 5.41) is 2.88. The van der Waals surface area contributed by atoms with Gasteiger partial charge in [-0.3, -0.25) is 9.69 Å². The fraction of sp³-hybridized carbons (Fsp3) is 0.533. The molecule has 21 heavy (non-hydrogen) atoms. The smallest absolute Gasteiger partial charge is 0.239 e. The predicted octanol–water partition coefficient (Wildman–Crippen LogP) is 2.32. The van der Waals surface area contributed by atoms with Gasteiger partial charge in [0.1, 0.15) is 11.9 Å². The van der Waals surface area contributed by atoms with Gasteiger partial charge in [-0.15, -0.1) is 0 Å². The van der Waals surface area contributed by atoms with Gasteiger partial charge in [-0.05, 0) is 18.6 Å². The highest BCUT2D eigenvalue weighted by Gasteiger charge is 2.29. The van der Waals surface area contributed by atoms with Gasteiger partial charge in [-0.1, -0.05) is 28.9 Å². The Morgan fingerprint density at radius 1 is 1.57 bits per heavy atom. The first-order valence-corrected chi connectivity index (χ1v) is 7.94. The number of hydrogen-bond acceptors (Lipinski definition) is 3. The van der Waals surface area contributed by atoms with Gasteiger partial charge >= 0.3 is 0 Å². The molecule has 0 radical (unpaired) electrons. The van der Waals surface area contributed by atoms with E-state index in [-0.39, 0.29) is 17.8 Å². The molecule has 1 aromatic carbocycles. The van der Waals surface area contributed by atoms with E-state index in [1.54, 1.807) is 6.07 Å². The van der Waals surface area contributed by atoms with E-state index >= 15 is 0 Å². The van der Waals surface area contributed by atoms with Crippen LogP contribution in [0.25, 0.3) is 0 Å². The van der Waals surface area contributed by atoms with Crippen LogP contribution in [0.5, 0.6) is 0 Å². The van der Waals surface area contributed by atoms with Crippen LogP contribution in [0.4, 0.5) is 4.39 Å². The molecule has 0 bridgehead atoms. The standard InChI is InChI=1S/C15H20BrFN2O2/c1-2-5-18-15(20)14-10-21-7-6-19(14)9-11-3-4-12(16)8-13(11)17/h3-4,8,14H,2,5-7,9-10H2,1H3,(H,18,20). The summed E-state index contributed by atoms with van der Waals surface area (Å²) in [5.74, 6) is -0.308. The van der Waals surface area contributed by atoms with Crippen LogP contribution in [0.15, 0.2) is 22.7 Å². The van der Waals surface area contributed by atoms with Crippen LogP contribution in [0.1, 0.15) is 18.9 Å². The summed E-state index contributed by atoms with van der Waals surface area (Å²) in [4.78, 5) is 14.1. The van der Waals surface area contributed by atoms with Gasteiger partial charge in [-0.2, -0.15) is 0 Å². The summed E-state index contributed by atoms with van der Waals surface area (Å²) < 4.78 is 20.1. The highest BCUT2D eigenvalue weighted by Crippen LogP contribution is 2.19. The van der Waals surface area contributed by atoms with Gasteiger partial charge in [0.05, 0.1) is 13.2 Å². The lowest BCUT2D eigenvalue weighted by Crippen LogP contribution is -2.53. The van der Waals surface area contributed by atoms with Crippen molar-refractivity contribution in [2.24, 2.45) is 0 Å². The van der Waals surface area contributed by atoms with E-state index in [0.717, 1.165) is 6.42 Å². The molecule has 6 heteroatoms. The van der Waals surface area contributed by atoms with Crippen LogP contribution in [0.2, 0.25) is 0 Å². The SMILES string of the molecule is CCCNC(=O)C1COCCN1Cc1ccc(Br)cc1F. The Hall–Kier alpha value is -0.980. The molecule has 0 aromatic heterocycles. The molecule has 0 spiro atoms. The lowest BCUT2D eigenvalue weighted by molar-refractivity contribution is -0.133. The normalized spacial score (nSPS) is 19.5. The Morgan fingerprint density at radius 2 is 2.38 bits per heavy atom. The Morgan fingerprint density at radius 3 is 3.10 bits per heavy atom. The van der Waals surface area contributed by atoms with Crippen LogP contribution in [0, 0.1) is 5.82 Å². The van der Waals surface area contributed by atoms with Crippen LogP contribution in [-0.2, 0) is 16.1 Å². The average Bonchev–Trinajstić information content (AvgIpc) is 2.48. The molecule has 2 rings (SSSR count). The minimum atomic E-state index is -0.353. The Kier molecular flexibility index (Phi) is 6.14. The number of ether oxygens (including phenoxy) is 1. The number of carbonyl (C=O) groups is 1. The molecule has 1 N–H and O–H groups in total. The van der Waals surface area contributed by atoms with E-state index in [1.165, 1.54) is 6.07 Å². The van der Waals surface area contributed by atoms with E-state index in [9.17, 15) is 9.18 Å². The number of nitrogens with one attached hydrogen (secondary N) is 1. The molecular formula is C15H20BrFN2O2. The molecule has 1 aliphatic heterocycles. The second-order valence-corrected chi connectivity index (χ2v) is 6.00. The van der Waals surface area contributed by atoms with Crippen molar-refractivity contribution in [1.82, 2.24) is 10.2 Å². The van der Waals surface area contributed by atoms with Crippen molar-refractivity contribution in [1.29, 1.82) is 0 Å². The van der Waals surface area contributed by atoms with Gasteiger partial charge in [-0.25, -0.2) is 4.39 Å². The maximum Gasteiger partial charge on any atom is 0.239 e. The van der Waals surface area contributed by atoms with Crippen LogP contribution in [0.3, 0.4) is 0 Å². The van der Waals surface area contributed by atoms with Crippen molar-refractivity contribution in [3.8, 4) is 0 Å². The second-order valence-electron chi connectivity index (χ2n) is 5.09. The zero-order valence-electron chi connectivity index (χ0n) is 12.1. The molecule has 1 unspecified atom stereocenters. The minimum Gasteiger partial charge on any atom is -0.378 e. The minimum absolute atomic E-state index is 0.0472. The third kappa shape index (κ3) is 4.49. The zero-order valence-corrected chi connectivity index (χ0v) is 13.7. The van der Waals surface area contributed by atoms with Gasteiger partial charge in [0, 0.05) is 29.7 Å². The lowest BCUT2D eigenvalue weighted by Gasteiger charge is -2.34. The summed E-state index contributed by atoms with van der Waals surface area (Å²) in [6, 6.07) is 4.65. The number of rotatable bonds is 5. The number of nitrogens with zero attached hydrogens (tertiary/aromatic N) is 1.